The zero-order valence-corrected chi connectivity index (χ0v) is 11.4. The Kier molecular flexibility index (Phi) is 4.20. The molecule has 19 heavy (non-hydrogen) atoms. The molecule has 3 amide bonds. The number of carbonyl (C=O) groups is 2. The highest BCUT2D eigenvalue weighted by molar-refractivity contribution is 7.99. The van der Waals surface area contributed by atoms with Crippen molar-refractivity contribution in [2.45, 2.75) is 18.6 Å². The molecule has 1 N–H and O–H groups in total. The first-order valence-electron chi connectivity index (χ1n) is 5.85. The van der Waals surface area contributed by atoms with E-state index in [1.807, 2.05) is 11.5 Å². The van der Waals surface area contributed by atoms with Crippen molar-refractivity contribution in [3.05, 3.63) is 18.5 Å². The number of allylic oxidation sites excluding steroid dienone is 1. The number of carbonyl (C=O) groups excluding carboxylic acids is 2. The Labute approximate surface area is 115 Å². The smallest absolute Gasteiger partial charge is 0.324 e. The lowest BCUT2D eigenvalue weighted by molar-refractivity contribution is -0.124. The SMILES string of the molecule is C=CCn1c(C)nnc1SCC(=O)N1CCNC1=O. The van der Waals surface area contributed by atoms with Gasteiger partial charge in [0.15, 0.2) is 5.16 Å². The fourth-order valence-electron chi connectivity index (χ4n) is 1.72. The van der Waals surface area contributed by atoms with E-state index < -0.39 is 0 Å². The van der Waals surface area contributed by atoms with Gasteiger partial charge in [0.1, 0.15) is 5.82 Å². The first-order chi connectivity index (χ1) is 9.13. The standard InChI is InChI=1S/C11H15N5O2S/c1-3-5-15-8(2)13-14-11(15)19-7-9(17)16-6-4-12-10(16)18/h3H,1,4-7H2,2H3,(H,12,18). The van der Waals surface area contributed by atoms with Crippen LogP contribution in [0.5, 0.6) is 0 Å². The predicted molar refractivity (Wildman–Crippen MR) is 70.8 cm³/mol. The third kappa shape index (κ3) is 2.95. The summed E-state index contributed by atoms with van der Waals surface area (Å²) in [4.78, 5) is 24.4. The van der Waals surface area contributed by atoms with Gasteiger partial charge in [0, 0.05) is 19.6 Å². The molecule has 2 heterocycles. The van der Waals surface area contributed by atoms with E-state index >= 15 is 0 Å². The van der Waals surface area contributed by atoms with Crippen molar-refractivity contribution < 1.29 is 9.59 Å². The molecule has 0 bridgehead atoms. The van der Waals surface area contributed by atoms with E-state index in [1.54, 1.807) is 6.08 Å². The molecule has 7 nitrogen and oxygen atoms in total. The molecule has 1 saturated heterocycles. The van der Waals surface area contributed by atoms with Crippen molar-refractivity contribution >= 4 is 23.7 Å². The number of aryl methyl sites for hydroxylation is 1. The third-order valence-electron chi connectivity index (χ3n) is 2.70. The lowest BCUT2D eigenvalue weighted by Crippen LogP contribution is -2.35. The molecule has 0 aliphatic carbocycles. The molecule has 1 aliphatic heterocycles. The molecule has 0 aromatic carbocycles. The summed E-state index contributed by atoms with van der Waals surface area (Å²) in [5, 5.41) is 11.2. The number of urea groups is 1. The normalized spacial score (nSPS) is 14.6. The van der Waals surface area contributed by atoms with Crippen LogP contribution in [0.3, 0.4) is 0 Å². The summed E-state index contributed by atoms with van der Waals surface area (Å²) < 4.78 is 1.87. The summed E-state index contributed by atoms with van der Waals surface area (Å²) >= 11 is 1.28. The van der Waals surface area contributed by atoms with Gasteiger partial charge >= 0.3 is 6.03 Å². The maximum Gasteiger partial charge on any atom is 0.324 e. The van der Waals surface area contributed by atoms with Crippen LogP contribution in [0, 0.1) is 6.92 Å². The molecule has 1 aromatic rings. The first-order valence-corrected chi connectivity index (χ1v) is 6.83. The predicted octanol–water partition coefficient (Wildman–Crippen LogP) is 0.416. The minimum absolute atomic E-state index is 0.169. The number of rotatable bonds is 5. The average Bonchev–Trinajstić information content (AvgIpc) is 2.95. The molecule has 0 spiro atoms. The Morgan fingerprint density at radius 1 is 1.58 bits per heavy atom. The topological polar surface area (TPSA) is 80.1 Å². The Hall–Kier alpha value is -1.83. The van der Waals surface area contributed by atoms with Crippen molar-refractivity contribution in [2.24, 2.45) is 0 Å². The molecular formula is C11H15N5O2S. The van der Waals surface area contributed by atoms with Crippen LogP contribution in [-0.4, -0.2) is 50.4 Å². The van der Waals surface area contributed by atoms with Gasteiger partial charge in [-0.05, 0) is 6.92 Å². The molecule has 0 unspecified atom stereocenters. The third-order valence-corrected chi connectivity index (χ3v) is 3.65. The van der Waals surface area contributed by atoms with Crippen LogP contribution in [0.4, 0.5) is 4.79 Å². The number of nitrogens with one attached hydrogen (secondary N) is 1. The Morgan fingerprint density at radius 3 is 3.00 bits per heavy atom. The van der Waals surface area contributed by atoms with E-state index in [0.29, 0.717) is 24.8 Å². The molecule has 2 rings (SSSR count). The lowest BCUT2D eigenvalue weighted by atomic mass is 10.5. The highest BCUT2D eigenvalue weighted by Gasteiger charge is 2.26. The van der Waals surface area contributed by atoms with Crippen LogP contribution in [0.1, 0.15) is 5.82 Å². The molecule has 8 heteroatoms. The summed E-state index contributed by atoms with van der Waals surface area (Å²) in [6.07, 6.45) is 1.75. The van der Waals surface area contributed by atoms with E-state index in [0.717, 1.165) is 5.82 Å². The largest absolute Gasteiger partial charge is 0.336 e. The molecular weight excluding hydrogens is 266 g/mol. The van der Waals surface area contributed by atoms with Crippen molar-refractivity contribution in [3.8, 4) is 0 Å². The first kappa shape index (κ1) is 13.6. The Balaban J connectivity index is 1.97. The van der Waals surface area contributed by atoms with Gasteiger partial charge in [-0.1, -0.05) is 17.8 Å². The van der Waals surface area contributed by atoms with Crippen LogP contribution in [0.25, 0.3) is 0 Å². The van der Waals surface area contributed by atoms with E-state index in [1.165, 1.54) is 16.7 Å². The summed E-state index contributed by atoms with van der Waals surface area (Å²) in [5.41, 5.74) is 0. The molecule has 1 fully saturated rings. The van der Waals surface area contributed by atoms with Crippen LogP contribution in [-0.2, 0) is 11.3 Å². The van der Waals surface area contributed by atoms with Gasteiger partial charge in [-0.15, -0.1) is 16.8 Å². The molecule has 1 aliphatic rings. The number of hydrogen-bond acceptors (Lipinski definition) is 5. The Morgan fingerprint density at radius 2 is 2.37 bits per heavy atom. The molecule has 0 radical (unpaired) electrons. The summed E-state index contributed by atoms with van der Waals surface area (Å²) in [6, 6.07) is -0.325. The van der Waals surface area contributed by atoms with E-state index in [-0.39, 0.29) is 17.7 Å². The van der Waals surface area contributed by atoms with E-state index in [9.17, 15) is 9.59 Å². The van der Waals surface area contributed by atoms with Crippen molar-refractivity contribution in [1.29, 1.82) is 0 Å². The monoisotopic (exact) mass is 281 g/mol. The maximum atomic E-state index is 11.9. The number of nitrogens with zero attached hydrogens (tertiary/aromatic N) is 4. The van der Waals surface area contributed by atoms with Gasteiger partial charge in [-0.25, -0.2) is 4.79 Å². The fourth-order valence-corrected chi connectivity index (χ4v) is 2.59. The molecule has 0 atom stereocenters. The maximum absolute atomic E-state index is 11.9. The second kappa shape index (κ2) is 5.87. The number of aromatic nitrogens is 3. The van der Waals surface area contributed by atoms with Crippen LogP contribution in [0.2, 0.25) is 0 Å². The zero-order valence-electron chi connectivity index (χ0n) is 10.6. The second-order valence-corrected chi connectivity index (χ2v) is 4.94. The van der Waals surface area contributed by atoms with Gasteiger partial charge < -0.3 is 9.88 Å². The average molecular weight is 281 g/mol. The summed E-state index contributed by atoms with van der Waals surface area (Å²) in [6.45, 7) is 7.05. The number of hydrogen-bond donors (Lipinski definition) is 1. The van der Waals surface area contributed by atoms with Crippen LogP contribution in [0.15, 0.2) is 17.8 Å². The van der Waals surface area contributed by atoms with Gasteiger partial charge in [0.2, 0.25) is 5.91 Å². The molecule has 102 valence electrons. The number of imide groups is 1. The van der Waals surface area contributed by atoms with Gasteiger partial charge in [0.25, 0.3) is 0 Å². The van der Waals surface area contributed by atoms with Crippen molar-refractivity contribution in [1.82, 2.24) is 25.0 Å². The quantitative estimate of drug-likeness (QED) is 0.625. The highest BCUT2D eigenvalue weighted by atomic mass is 32.2. The minimum atomic E-state index is -0.325. The highest BCUT2D eigenvalue weighted by Crippen LogP contribution is 2.17. The van der Waals surface area contributed by atoms with Crippen LogP contribution >= 0.6 is 11.8 Å². The summed E-state index contributed by atoms with van der Waals surface area (Å²) in [5.74, 6) is 0.724. The summed E-state index contributed by atoms with van der Waals surface area (Å²) in [7, 11) is 0. The second-order valence-electron chi connectivity index (χ2n) is 4.00. The van der Waals surface area contributed by atoms with Crippen molar-refractivity contribution in [3.63, 3.8) is 0 Å². The lowest BCUT2D eigenvalue weighted by Gasteiger charge is -2.11. The number of thioether (sulfide) groups is 1. The molecule has 0 saturated carbocycles. The van der Waals surface area contributed by atoms with Gasteiger partial charge in [-0.2, -0.15) is 0 Å². The van der Waals surface area contributed by atoms with E-state index in [4.69, 9.17) is 0 Å². The van der Waals surface area contributed by atoms with Crippen molar-refractivity contribution in [2.75, 3.05) is 18.8 Å². The molecule has 1 aromatic heterocycles. The fraction of sp³-hybridized carbons (Fsp3) is 0.455. The number of amides is 3. The Bertz CT molecular complexity index is 513. The van der Waals surface area contributed by atoms with Gasteiger partial charge in [0.05, 0.1) is 5.75 Å². The van der Waals surface area contributed by atoms with E-state index in [2.05, 4.69) is 22.1 Å². The van der Waals surface area contributed by atoms with Gasteiger partial charge in [-0.3, -0.25) is 9.69 Å². The zero-order chi connectivity index (χ0) is 13.8. The minimum Gasteiger partial charge on any atom is -0.336 e. The van der Waals surface area contributed by atoms with Crippen LogP contribution < -0.4 is 5.32 Å².